The molecule has 3 aromatic rings. The molecule has 2 aromatic carbocycles. The summed E-state index contributed by atoms with van der Waals surface area (Å²) in [6.07, 6.45) is 0. The Morgan fingerprint density at radius 2 is 2.05 bits per heavy atom. The van der Waals surface area contributed by atoms with Crippen molar-refractivity contribution >= 4 is 38.6 Å². The molecule has 0 saturated carbocycles. The lowest BCUT2D eigenvalue weighted by Gasteiger charge is -2.11. The van der Waals surface area contributed by atoms with Crippen molar-refractivity contribution in [2.45, 2.75) is 12.8 Å². The number of nitrogens with zero attached hydrogens (tertiary/aromatic N) is 3. The van der Waals surface area contributed by atoms with Crippen LogP contribution in [0.1, 0.15) is 17.0 Å². The van der Waals surface area contributed by atoms with Crippen LogP contribution < -0.4 is 0 Å². The Hall–Kier alpha value is -1.83. The number of nitriles is 1. The van der Waals surface area contributed by atoms with Gasteiger partial charge in [-0.05, 0) is 46.6 Å². The van der Waals surface area contributed by atoms with E-state index < -0.39 is 0 Å². The fourth-order valence-corrected chi connectivity index (χ4v) is 3.02. The van der Waals surface area contributed by atoms with Crippen LogP contribution in [0.25, 0.3) is 16.7 Å². The van der Waals surface area contributed by atoms with Crippen LogP contribution in [-0.2, 0) is 5.88 Å². The Morgan fingerprint density at radius 1 is 1.29 bits per heavy atom. The summed E-state index contributed by atoms with van der Waals surface area (Å²) >= 11 is 9.69. The fraction of sp³-hybridized carbons (Fsp3) is 0.125. The topological polar surface area (TPSA) is 41.6 Å². The zero-order valence-electron chi connectivity index (χ0n) is 11.3. The molecule has 1 aromatic heterocycles. The zero-order valence-corrected chi connectivity index (χ0v) is 13.6. The highest BCUT2D eigenvalue weighted by atomic mass is 79.9. The molecule has 104 valence electrons. The van der Waals surface area contributed by atoms with E-state index in [1.807, 2.05) is 41.8 Å². The van der Waals surface area contributed by atoms with Crippen molar-refractivity contribution in [2.24, 2.45) is 0 Å². The zero-order chi connectivity index (χ0) is 15.0. The minimum Gasteiger partial charge on any atom is -0.294 e. The summed E-state index contributed by atoms with van der Waals surface area (Å²) in [6.45, 7) is 2.04. The van der Waals surface area contributed by atoms with E-state index in [1.165, 1.54) is 0 Å². The lowest BCUT2D eigenvalue weighted by Crippen LogP contribution is -2.01. The van der Waals surface area contributed by atoms with Crippen LogP contribution >= 0.6 is 27.5 Å². The smallest absolute Gasteiger partial charge is 0.129 e. The van der Waals surface area contributed by atoms with Gasteiger partial charge in [0.25, 0.3) is 0 Å². The third kappa shape index (κ3) is 2.23. The van der Waals surface area contributed by atoms with Crippen LogP contribution in [0.5, 0.6) is 0 Å². The van der Waals surface area contributed by atoms with Gasteiger partial charge in [-0.25, -0.2) is 4.98 Å². The normalized spacial score (nSPS) is 10.8. The molecule has 1 heterocycles. The molecular weight excluding hydrogens is 350 g/mol. The van der Waals surface area contributed by atoms with E-state index in [-0.39, 0.29) is 5.88 Å². The van der Waals surface area contributed by atoms with Gasteiger partial charge in [0.15, 0.2) is 0 Å². The van der Waals surface area contributed by atoms with Crippen molar-refractivity contribution in [3.05, 3.63) is 57.8 Å². The van der Waals surface area contributed by atoms with Crippen molar-refractivity contribution in [2.75, 3.05) is 0 Å². The van der Waals surface area contributed by atoms with Gasteiger partial charge in [0.1, 0.15) is 17.4 Å². The van der Waals surface area contributed by atoms with Crippen molar-refractivity contribution < 1.29 is 0 Å². The number of rotatable bonds is 2. The summed E-state index contributed by atoms with van der Waals surface area (Å²) < 4.78 is 3.00. The Kier molecular flexibility index (Phi) is 3.71. The Morgan fingerprint density at radius 3 is 2.76 bits per heavy atom. The number of para-hydroxylation sites is 1. The summed E-state index contributed by atoms with van der Waals surface area (Å²) in [7, 11) is 0. The predicted molar refractivity (Wildman–Crippen MR) is 87.8 cm³/mol. The number of halogens is 2. The van der Waals surface area contributed by atoms with E-state index >= 15 is 0 Å². The van der Waals surface area contributed by atoms with E-state index in [0.717, 1.165) is 27.1 Å². The van der Waals surface area contributed by atoms with E-state index in [2.05, 4.69) is 27.0 Å². The summed E-state index contributed by atoms with van der Waals surface area (Å²) in [6, 6.07) is 13.8. The molecule has 0 fully saturated rings. The molecule has 3 rings (SSSR count). The third-order valence-corrected chi connectivity index (χ3v) is 4.68. The van der Waals surface area contributed by atoms with Gasteiger partial charge < -0.3 is 0 Å². The van der Waals surface area contributed by atoms with E-state index in [1.54, 1.807) is 6.07 Å². The van der Waals surface area contributed by atoms with Gasteiger partial charge in [-0.3, -0.25) is 4.57 Å². The summed E-state index contributed by atoms with van der Waals surface area (Å²) in [5.41, 5.74) is 4.23. The molecule has 0 aliphatic rings. The molecule has 21 heavy (non-hydrogen) atoms. The second kappa shape index (κ2) is 5.51. The van der Waals surface area contributed by atoms with E-state index in [0.29, 0.717) is 11.1 Å². The van der Waals surface area contributed by atoms with Gasteiger partial charge in [0.05, 0.1) is 22.6 Å². The number of aryl methyl sites for hydroxylation is 1. The monoisotopic (exact) mass is 359 g/mol. The lowest BCUT2D eigenvalue weighted by atomic mass is 10.2. The first-order valence-electron chi connectivity index (χ1n) is 6.39. The maximum Gasteiger partial charge on any atom is 0.129 e. The molecule has 5 heteroatoms. The Labute approximate surface area is 135 Å². The van der Waals surface area contributed by atoms with Crippen LogP contribution in [0, 0.1) is 18.3 Å². The summed E-state index contributed by atoms with van der Waals surface area (Å²) in [5.74, 6) is 1.00. The largest absolute Gasteiger partial charge is 0.294 e. The van der Waals surface area contributed by atoms with Crippen LogP contribution in [0.2, 0.25) is 0 Å². The molecule has 0 unspecified atom stereocenters. The SMILES string of the molecule is Cc1cccc(-n2c(CCl)nc3c(C#N)cccc32)c1Br. The molecule has 3 nitrogen and oxygen atoms in total. The average molecular weight is 361 g/mol. The standard InChI is InChI=1S/C16H11BrClN3/c1-10-4-2-6-12(15(10)17)21-13-7-3-5-11(9-19)16(13)20-14(21)8-18/h2-7H,8H2,1H3. The second-order valence-electron chi connectivity index (χ2n) is 4.69. The van der Waals surface area contributed by atoms with Crippen LogP contribution in [0.3, 0.4) is 0 Å². The maximum atomic E-state index is 9.24. The second-order valence-corrected chi connectivity index (χ2v) is 5.75. The lowest BCUT2D eigenvalue weighted by molar-refractivity contribution is 0.974. The summed E-state index contributed by atoms with van der Waals surface area (Å²) in [5, 5.41) is 9.24. The van der Waals surface area contributed by atoms with E-state index in [4.69, 9.17) is 11.6 Å². The number of fused-ring (bicyclic) bond motifs is 1. The van der Waals surface area contributed by atoms with Gasteiger partial charge in [-0.15, -0.1) is 11.6 Å². The minimum atomic E-state index is 0.278. The first-order valence-corrected chi connectivity index (χ1v) is 7.72. The van der Waals surface area contributed by atoms with Gasteiger partial charge >= 0.3 is 0 Å². The molecule has 0 amide bonds. The van der Waals surface area contributed by atoms with Crippen LogP contribution in [-0.4, -0.2) is 9.55 Å². The molecule has 0 aliphatic carbocycles. The van der Waals surface area contributed by atoms with Gasteiger partial charge in [-0.1, -0.05) is 18.2 Å². The van der Waals surface area contributed by atoms with Crippen molar-refractivity contribution in [3.63, 3.8) is 0 Å². The Balaban J connectivity index is 2.42. The van der Waals surface area contributed by atoms with Gasteiger partial charge in [0, 0.05) is 4.47 Å². The maximum absolute atomic E-state index is 9.24. The number of alkyl halides is 1. The van der Waals surface area contributed by atoms with Crippen molar-refractivity contribution in [1.82, 2.24) is 9.55 Å². The van der Waals surface area contributed by atoms with Gasteiger partial charge in [0.2, 0.25) is 0 Å². The molecule has 0 bridgehead atoms. The van der Waals surface area contributed by atoms with Crippen LogP contribution in [0.4, 0.5) is 0 Å². The first kappa shape index (κ1) is 14.1. The molecular formula is C16H11BrClN3. The highest BCUT2D eigenvalue weighted by molar-refractivity contribution is 9.10. The highest BCUT2D eigenvalue weighted by Gasteiger charge is 2.16. The number of imidazole rings is 1. The van der Waals surface area contributed by atoms with Crippen molar-refractivity contribution in [3.8, 4) is 11.8 Å². The Bertz CT molecular complexity index is 877. The molecule has 0 saturated heterocycles. The summed E-state index contributed by atoms with van der Waals surface area (Å²) in [4.78, 5) is 4.54. The highest BCUT2D eigenvalue weighted by Crippen LogP contribution is 2.30. The quantitative estimate of drug-likeness (QED) is 0.621. The number of benzene rings is 2. The molecule has 0 N–H and O–H groups in total. The molecule has 0 spiro atoms. The van der Waals surface area contributed by atoms with Crippen molar-refractivity contribution in [1.29, 1.82) is 5.26 Å². The number of hydrogen-bond acceptors (Lipinski definition) is 2. The predicted octanol–water partition coefficient (Wildman–Crippen LogP) is 4.71. The third-order valence-electron chi connectivity index (χ3n) is 3.41. The van der Waals surface area contributed by atoms with E-state index in [9.17, 15) is 5.26 Å². The number of aromatic nitrogens is 2. The molecule has 0 radical (unpaired) electrons. The minimum absolute atomic E-state index is 0.278. The number of hydrogen-bond donors (Lipinski definition) is 0. The first-order chi connectivity index (χ1) is 10.2. The van der Waals surface area contributed by atoms with Crippen LogP contribution in [0.15, 0.2) is 40.9 Å². The molecule has 0 aliphatic heterocycles. The molecule has 0 atom stereocenters. The van der Waals surface area contributed by atoms with Gasteiger partial charge in [-0.2, -0.15) is 5.26 Å². The average Bonchev–Trinajstić information content (AvgIpc) is 2.88. The fourth-order valence-electron chi connectivity index (χ4n) is 2.40.